The van der Waals surface area contributed by atoms with Crippen molar-refractivity contribution in [1.82, 2.24) is 25.3 Å². The van der Waals surface area contributed by atoms with Crippen LogP contribution >= 0.6 is 27.3 Å². The molecule has 0 saturated heterocycles. The molecule has 1 aliphatic carbocycles. The normalized spacial score (nSPS) is 13.6. The molecular weight excluding hydrogens is 462 g/mol. The van der Waals surface area contributed by atoms with Gasteiger partial charge in [0.1, 0.15) is 0 Å². The van der Waals surface area contributed by atoms with Gasteiger partial charge < -0.3 is 5.32 Å². The van der Waals surface area contributed by atoms with E-state index < -0.39 is 0 Å². The smallest absolute Gasteiger partial charge is 0.273 e. The minimum absolute atomic E-state index is 0.149. The molecule has 2 aromatic heterocycles. The summed E-state index contributed by atoms with van der Waals surface area (Å²) in [6.45, 7) is 0.587. The van der Waals surface area contributed by atoms with Crippen molar-refractivity contribution in [3.8, 4) is 5.69 Å². The number of benzene rings is 2. The molecule has 5 rings (SSSR count). The quantitative estimate of drug-likeness (QED) is 0.381. The van der Waals surface area contributed by atoms with E-state index in [0.29, 0.717) is 18.2 Å². The molecule has 8 heteroatoms. The number of amides is 1. The molecule has 0 spiro atoms. The third-order valence-corrected chi connectivity index (χ3v) is 6.77. The Morgan fingerprint density at radius 2 is 1.97 bits per heavy atom. The van der Waals surface area contributed by atoms with Crippen LogP contribution in [-0.4, -0.2) is 32.4 Å². The summed E-state index contributed by atoms with van der Waals surface area (Å²) in [6.07, 6.45) is 3.83. The van der Waals surface area contributed by atoms with E-state index in [1.807, 2.05) is 42.5 Å². The lowest BCUT2D eigenvalue weighted by Crippen LogP contribution is -2.26. The number of para-hydroxylation sites is 1. The van der Waals surface area contributed by atoms with Gasteiger partial charge in [0.15, 0.2) is 5.69 Å². The van der Waals surface area contributed by atoms with Crippen LogP contribution in [-0.2, 0) is 6.42 Å². The number of carbonyl (C=O) groups is 1. The fraction of sp³-hybridized carbons (Fsp3) is 0.273. The summed E-state index contributed by atoms with van der Waals surface area (Å²) in [7, 11) is 0. The predicted molar refractivity (Wildman–Crippen MR) is 121 cm³/mol. The zero-order chi connectivity index (χ0) is 20.5. The molecule has 152 valence electrons. The Balaban J connectivity index is 1.24. The number of aryl methyl sites for hydroxylation is 1. The molecule has 2 aromatic carbocycles. The molecule has 30 heavy (non-hydrogen) atoms. The predicted octanol–water partition coefficient (Wildman–Crippen LogP) is 4.88. The Morgan fingerprint density at radius 3 is 2.73 bits per heavy atom. The average molecular weight is 482 g/mol. The number of nitrogens with one attached hydrogen (secondary N) is 1. The standard InChI is InChI=1S/C22H20BrN5OS/c23-15-9-11-16(12-10-15)28-21(14-7-8-14)20(26-27-28)22(29)24-13-3-6-19-25-17-4-1-2-5-18(17)30-19/h1-2,4-5,9-12,14H,3,6-8,13H2,(H,24,29). The number of rotatable bonds is 7. The van der Waals surface area contributed by atoms with Crippen molar-refractivity contribution in [1.29, 1.82) is 0 Å². The number of aromatic nitrogens is 4. The van der Waals surface area contributed by atoms with Gasteiger partial charge in [-0.25, -0.2) is 9.67 Å². The molecule has 0 bridgehead atoms. The Bertz CT molecular complexity index is 1160. The third kappa shape index (κ3) is 4.02. The number of thiazole rings is 1. The zero-order valence-electron chi connectivity index (χ0n) is 16.2. The molecule has 1 N–H and O–H groups in total. The van der Waals surface area contributed by atoms with Crippen molar-refractivity contribution in [2.75, 3.05) is 6.54 Å². The monoisotopic (exact) mass is 481 g/mol. The molecule has 0 atom stereocenters. The second-order valence-electron chi connectivity index (χ2n) is 7.42. The van der Waals surface area contributed by atoms with Crippen LogP contribution in [0.5, 0.6) is 0 Å². The van der Waals surface area contributed by atoms with Crippen LogP contribution in [0, 0.1) is 0 Å². The summed E-state index contributed by atoms with van der Waals surface area (Å²) in [5.41, 5.74) is 3.32. The average Bonchev–Trinajstić information content (AvgIpc) is 3.35. The maximum absolute atomic E-state index is 12.8. The van der Waals surface area contributed by atoms with E-state index >= 15 is 0 Å². The molecule has 6 nitrogen and oxygen atoms in total. The Morgan fingerprint density at radius 1 is 1.17 bits per heavy atom. The highest BCUT2D eigenvalue weighted by Crippen LogP contribution is 2.42. The minimum Gasteiger partial charge on any atom is -0.351 e. The second-order valence-corrected chi connectivity index (χ2v) is 9.45. The lowest BCUT2D eigenvalue weighted by atomic mass is 10.2. The van der Waals surface area contributed by atoms with Crippen molar-refractivity contribution in [2.24, 2.45) is 0 Å². The molecule has 1 saturated carbocycles. The van der Waals surface area contributed by atoms with E-state index in [0.717, 1.165) is 52.1 Å². The van der Waals surface area contributed by atoms with Crippen molar-refractivity contribution in [3.05, 3.63) is 69.4 Å². The highest BCUT2D eigenvalue weighted by molar-refractivity contribution is 9.10. The van der Waals surface area contributed by atoms with Gasteiger partial charge in [0, 0.05) is 23.4 Å². The first kappa shape index (κ1) is 19.4. The molecule has 0 aliphatic heterocycles. The largest absolute Gasteiger partial charge is 0.351 e. The van der Waals surface area contributed by atoms with E-state index in [4.69, 9.17) is 0 Å². The Kier molecular flexibility index (Phi) is 5.35. The Labute approximate surface area is 186 Å². The highest BCUT2D eigenvalue weighted by Gasteiger charge is 2.34. The molecular formula is C22H20BrN5OS. The third-order valence-electron chi connectivity index (χ3n) is 5.15. The molecule has 1 amide bonds. The van der Waals surface area contributed by atoms with E-state index in [1.54, 1.807) is 16.0 Å². The summed E-state index contributed by atoms with van der Waals surface area (Å²) >= 11 is 5.17. The topological polar surface area (TPSA) is 72.7 Å². The maximum Gasteiger partial charge on any atom is 0.273 e. The van der Waals surface area contributed by atoms with Gasteiger partial charge in [-0.3, -0.25) is 4.79 Å². The fourth-order valence-corrected chi connectivity index (χ4v) is 4.77. The summed E-state index contributed by atoms with van der Waals surface area (Å²) in [5.74, 6) is 0.205. The van der Waals surface area contributed by atoms with Gasteiger partial charge in [-0.05, 0) is 55.7 Å². The van der Waals surface area contributed by atoms with Crippen molar-refractivity contribution >= 4 is 43.4 Å². The Hall–Kier alpha value is -2.58. The van der Waals surface area contributed by atoms with Gasteiger partial charge in [-0.2, -0.15) is 0 Å². The zero-order valence-corrected chi connectivity index (χ0v) is 18.6. The number of hydrogen-bond donors (Lipinski definition) is 1. The summed E-state index contributed by atoms with van der Waals surface area (Å²) in [6, 6.07) is 16.0. The van der Waals surface area contributed by atoms with Gasteiger partial charge in [-0.15, -0.1) is 16.4 Å². The summed E-state index contributed by atoms with van der Waals surface area (Å²) < 4.78 is 4.01. The first-order chi connectivity index (χ1) is 14.7. The van der Waals surface area contributed by atoms with E-state index in [1.165, 1.54) is 4.70 Å². The lowest BCUT2D eigenvalue weighted by Gasteiger charge is -2.08. The number of halogens is 1. The van der Waals surface area contributed by atoms with Gasteiger partial charge in [-0.1, -0.05) is 33.3 Å². The van der Waals surface area contributed by atoms with Crippen LogP contribution in [0.25, 0.3) is 15.9 Å². The minimum atomic E-state index is -0.149. The van der Waals surface area contributed by atoms with Crippen LogP contribution in [0.1, 0.15) is 46.4 Å². The lowest BCUT2D eigenvalue weighted by molar-refractivity contribution is 0.0947. The maximum atomic E-state index is 12.8. The van der Waals surface area contributed by atoms with Crippen LogP contribution in [0.3, 0.4) is 0 Å². The number of carbonyl (C=O) groups excluding carboxylic acids is 1. The molecule has 1 fully saturated rings. The molecule has 0 radical (unpaired) electrons. The molecule has 0 unspecified atom stereocenters. The fourth-order valence-electron chi connectivity index (χ4n) is 3.50. The van der Waals surface area contributed by atoms with Gasteiger partial charge in [0.2, 0.25) is 0 Å². The van der Waals surface area contributed by atoms with Gasteiger partial charge in [0.05, 0.1) is 26.6 Å². The molecule has 1 aliphatic rings. The first-order valence-electron chi connectivity index (χ1n) is 10.0. The number of fused-ring (bicyclic) bond motifs is 1. The van der Waals surface area contributed by atoms with E-state index in [9.17, 15) is 4.79 Å². The number of nitrogens with zero attached hydrogens (tertiary/aromatic N) is 4. The van der Waals surface area contributed by atoms with E-state index in [2.05, 4.69) is 42.6 Å². The van der Waals surface area contributed by atoms with Gasteiger partial charge >= 0.3 is 0 Å². The van der Waals surface area contributed by atoms with Crippen molar-refractivity contribution in [2.45, 2.75) is 31.6 Å². The highest BCUT2D eigenvalue weighted by atomic mass is 79.9. The number of hydrogen-bond acceptors (Lipinski definition) is 5. The molecule has 4 aromatic rings. The SMILES string of the molecule is O=C(NCCCc1nc2ccccc2s1)c1nnn(-c2ccc(Br)cc2)c1C1CC1. The van der Waals surface area contributed by atoms with Crippen LogP contribution < -0.4 is 5.32 Å². The second kappa shape index (κ2) is 8.28. The van der Waals surface area contributed by atoms with Crippen LogP contribution in [0.4, 0.5) is 0 Å². The molecule has 2 heterocycles. The summed E-state index contributed by atoms with van der Waals surface area (Å²) in [4.78, 5) is 17.5. The van der Waals surface area contributed by atoms with E-state index in [-0.39, 0.29) is 5.91 Å². The van der Waals surface area contributed by atoms with Crippen LogP contribution in [0.15, 0.2) is 53.0 Å². The van der Waals surface area contributed by atoms with Crippen molar-refractivity contribution < 1.29 is 4.79 Å². The van der Waals surface area contributed by atoms with Crippen molar-refractivity contribution in [3.63, 3.8) is 0 Å². The first-order valence-corrected chi connectivity index (χ1v) is 11.6. The van der Waals surface area contributed by atoms with Gasteiger partial charge in [0.25, 0.3) is 5.91 Å². The summed E-state index contributed by atoms with van der Waals surface area (Å²) in [5, 5.41) is 12.6. The van der Waals surface area contributed by atoms with Crippen LogP contribution in [0.2, 0.25) is 0 Å².